The highest BCUT2D eigenvalue weighted by Gasteiger charge is 2.43. The minimum Gasteiger partial charge on any atom is -0.347 e. The summed E-state index contributed by atoms with van der Waals surface area (Å²) in [7, 11) is 4.41. The second kappa shape index (κ2) is 8.09. The molecule has 0 saturated heterocycles. The minimum atomic E-state index is -0.0765. The molecule has 3 aromatic rings. The predicted octanol–water partition coefficient (Wildman–Crippen LogP) is 7.70. The van der Waals surface area contributed by atoms with E-state index in [-0.39, 0.29) is 10.8 Å². The van der Waals surface area contributed by atoms with E-state index in [4.69, 9.17) is 0 Å². The van der Waals surface area contributed by atoms with E-state index in [2.05, 4.69) is 144 Å². The van der Waals surface area contributed by atoms with Gasteiger partial charge in [-0.1, -0.05) is 74.0 Å². The third-order valence-electron chi connectivity index (χ3n) is 8.17. The lowest BCUT2D eigenvalue weighted by molar-refractivity contribution is -0.401. The maximum absolute atomic E-state index is 2.43. The average molecular weight is 462 g/mol. The lowest BCUT2D eigenvalue weighted by Crippen LogP contribution is -2.27. The second-order valence-corrected chi connectivity index (χ2v) is 11.2. The van der Waals surface area contributed by atoms with E-state index in [1.54, 1.807) is 0 Å². The molecule has 0 aromatic heterocycles. The van der Waals surface area contributed by atoms with Gasteiger partial charge in [-0.25, -0.2) is 0 Å². The first-order valence-corrected chi connectivity index (χ1v) is 12.6. The normalized spacial score (nSPS) is 19.4. The fourth-order valence-corrected chi connectivity index (χ4v) is 6.06. The van der Waals surface area contributed by atoms with Crippen molar-refractivity contribution in [3.8, 4) is 0 Å². The van der Waals surface area contributed by atoms with Gasteiger partial charge in [0.1, 0.15) is 7.05 Å². The van der Waals surface area contributed by atoms with Crippen molar-refractivity contribution in [2.75, 3.05) is 19.0 Å². The molecule has 178 valence electrons. The van der Waals surface area contributed by atoms with Gasteiger partial charge in [0.25, 0.3) is 0 Å². The van der Waals surface area contributed by atoms with Gasteiger partial charge in [0.2, 0.25) is 5.69 Å². The van der Waals surface area contributed by atoms with Crippen molar-refractivity contribution < 1.29 is 4.58 Å². The Morgan fingerprint density at radius 1 is 0.829 bits per heavy atom. The van der Waals surface area contributed by atoms with E-state index >= 15 is 0 Å². The Bertz CT molecular complexity index is 1430. The highest BCUT2D eigenvalue weighted by molar-refractivity contribution is 6.08. The quantitative estimate of drug-likeness (QED) is 0.362. The lowest BCUT2D eigenvalue weighted by Gasteiger charge is -2.25. The number of hydrogen-bond donors (Lipinski definition) is 0. The molecule has 0 unspecified atom stereocenters. The summed E-state index contributed by atoms with van der Waals surface area (Å²) in [5, 5.41) is 0. The first-order valence-electron chi connectivity index (χ1n) is 12.6. The number of fused-ring (bicyclic) bond motifs is 2. The van der Waals surface area contributed by atoms with Crippen molar-refractivity contribution in [1.82, 2.24) is 0 Å². The summed E-state index contributed by atoms with van der Waals surface area (Å²) < 4.78 is 2.37. The Labute approximate surface area is 210 Å². The zero-order valence-electron chi connectivity index (χ0n) is 22.4. The van der Waals surface area contributed by atoms with E-state index in [0.29, 0.717) is 0 Å². The summed E-state index contributed by atoms with van der Waals surface area (Å²) in [6, 6.07) is 24.4. The molecule has 0 N–H and O–H groups in total. The monoisotopic (exact) mass is 461 g/mol. The van der Waals surface area contributed by atoms with Crippen LogP contribution in [0.4, 0.5) is 11.4 Å². The largest absolute Gasteiger partial charge is 0.347 e. The number of allylic oxidation sites excluding steroid dienone is 4. The van der Waals surface area contributed by atoms with Crippen LogP contribution in [0, 0.1) is 13.8 Å². The highest BCUT2D eigenvalue weighted by atomic mass is 15.2. The van der Waals surface area contributed by atoms with E-state index in [0.717, 1.165) is 0 Å². The van der Waals surface area contributed by atoms with Crippen LogP contribution in [0.25, 0.3) is 5.57 Å². The van der Waals surface area contributed by atoms with Crippen LogP contribution in [0.15, 0.2) is 84.6 Å². The summed E-state index contributed by atoms with van der Waals surface area (Å²) in [4.78, 5) is 2.37. The molecule has 0 saturated carbocycles. The molecule has 2 aliphatic heterocycles. The first-order chi connectivity index (χ1) is 16.5. The van der Waals surface area contributed by atoms with Crippen LogP contribution in [0.2, 0.25) is 0 Å². The number of likely N-dealkylation sites (N-methyl/N-ethyl adjacent to an activating group) is 1. The smallest absolute Gasteiger partial charge is 0.209 e. The number of benzene rings is 3. The summed E-state index contributed by atoms with van der Waals surface area (Å²) in [5.41, 5.74) is 13.0. The molecule has 2 heterocycles. The molecule has 35 heavy (non-hydrogen) atoms. The third kappa shape index (κ3) is 3.58. The zero-order valence-corrected chi connectivity index (χ0v) is 22.4. The van der Waals surface area contributed by atoms with Gasteiger partial charge in [-0.15, -0.1) is 0 Å². The molecule has 0 atom stereocenters. The molecule has 2 aliphatic rings. The Balaban J connectivity index is 1.75. The number of hydrogen-bond acceptors (Lipinski definition) is 1. The molecule has 0 radical (unpaired) electrons. The molecule has 2 nitrogen and oxygen atoms in total. The average Bonchev–Trinajstić information content (AvgIpc) is 3.14. The number of aryl methyl sites for hydroxylation is 2. The van der Waals surface area contributed by atoms with Crippen molar-refractivity contribution in [3.63, 3.8) is 0 Å². The molecule has 2 heteroatoms. The van der Waals surface area contributed by atoms with Gasteiger partial charge in [-0.2, -0.15) is 4.58 Å². The van der Waals surface area contributed by atoms with Crippen LogP contribution in [0.5, 0.6) is 0 Å². The number of anilines is 1. The van der Waals surface area contributed by atoms with Crippen LogP contribution in [-0.2, 0) is 10.8 Å². The van der Waals surface area contributed by atoms with Gasteiger partial charge < -0.3 is 4.90 Å². The van der Waals surface area contributed by atoms with Gasteiger partial charge >= 0.3 is 0 Å². The van der Waals surface area contributed by atoms with Crippen LogP contribution >= 0.6 is 0 Å². The van der Waals surface area contributed by atoms with Crippen LogP contribution in [-0.4, -0.2) is 24.4 Å². The van der Waals surface area contributed by atoms with Crippen molar-refractivity contribution in [1.29, 1.82) is 0 Å². The van der Waals surface area contributed by atoms with Gasteiger partial charge in [0.05, 0.1) is 5.41 Å². The second-order valence-electron chi connectivity index (χ2n) is 11.2. The maximum atomic E-state index is 2.43. The van der Waals surface area contributed by atoms with Crippen molar-refractivity contribution in [2.24, 2.45) is 0 Å². The van der Waals surface area contributed by atoms with Crippen LogP contribution in [0.3, 0.4) is 0 Å². The predicted molar refractivity (Wildman–Crippen MR) is 150 cm³/mol. The minimum absolute atomic E-state index is 0.0765. The van der Waals surface area contributed by atoms with E-state index in [1.807, 2.05) is 0 Å². The van der Waals surface area contributed by atoms with Gasteiger partial charge in [0, 0.05) is 41.6 Å². The Hall–Kier alpha value is -3.39. The molecule has 0 amide bonds. The Morgan fingerprint density at radius 2 is 1.49 bits per heavy atom. The lowest BCUT2D eigenvalue weighted by atomic mass is 9.79. The first kappa shape index (κ1) is 23.4. The highest BCUT2D eigenvalue weighted by Crippen LogP contribution is 2.48. The van der Waals surface area contributed by atoms with E-state index in [9.17, 15) is 0 Å². The molecule has 0 spiro atoms. The van der Waals surface area contributed by atoms with Crippen LogP contribution < -0.4 is 4.90 Å². The number of para-hydroxylation sites is 2. The number of nitrogens with zero attached hydrogens (tertiary/aromatic N) is 2. The molecule has 0 aliphatic carbocycles. The Kier molecular flexibility index (Phi) is 5.40. The van der Waals surface area contributed by atoms with Crippen molar-refractivity contribution in [3.05, 3.63) is 112 Å². The summed E-state index contributed by atoms with van der Waals surface area (Å²) in [5.74, 6) is 0. The van der Waals surface area contributed by atoms with E-state index < -0.39 is 0 Å². The fourth-order valence-electron chi connectivity index (χ4n) is 6.06. The Morgan fingerprint density at radius 3 is 2.17 bits per heavy atom. The maximum Gasteiger partial charge on any atom is 0.209 e. The topological polar surface area (TPSA) is 6.25 Å². The zero-order chi connectivity index (χ0) is 25.1. The van der Waals surface area contributed by atoms with Crippen molar-refractivity contribution in [2.45, 2.75) is 52.4 Å². The molecule has 0 fully saturated rings. The summed E-state index contributed by atoms with van der Waals surface area (Å²) in [6.07, 6.45) is 4.86. The molecular formula is C33H37N2+. The third-order valence-corrected chi connectivity index (χ3v) is 8.17. The van der Waals surface area contributed by atoms with Gasteiger partial charge in [-0.3, -0.25) is 0 Å². The fraction of sp³-hybridized carbons (Fsp3) is 0.303. The summed E-state index contributed by atoms with van der Waals surface area (Å²) >= 11 is 0. The summed E-state index contributed by atoms with van der Waals surface area (Å²) in [6.45, 7) is 13.8. The van der Waals surface area contributed by atoms with Crippen molar-refractivity contribution >= 4 is 22.7 Å². The van der Waals surface area contributed by atoms with Gasteiger partial charge in [0.15, 0.2) is 5.71 Å². The van der Waals surface area contributed by atoms with Gasteiger partial charge in [-0.05, 0) is 62.1 Å². The van der Waals surface area contributed by atoms with E-state index in [1.165, 1.54) is 56.2 Å². The van der Waals surface area contributed by atoms with Crippen LogP contribution in [0.1, 0.15) is 55.5 Å². The molecule has 5 rings (SSSR count). The number of rotatable bonds is 3. The molecular weight excluding hydrogens is 424 g/mol. The SMILES string of the molecule is Cc1ccc(C)c(C(=C/C2=[N+](C)c3ccccc3C2(C)C)/C=C2/N(C)c3ccccc3C2(C)C)c1. The molecule has 0 bridgehead atoms. The molecule has 3 aromatic carbocycles. The standard InChI is InChI=1S/C33H37N2/c1-22-17-18-23(2)25(19-22)24(20-30-32(3,4)26-13-9-11-15-28(26)34(30)7)21-31-33(5,6)27-14-10-12-16-29(27)35(31)8/h9-21H,1-8H3/q+1.